The molecule has 0 spiro atoms. The maximum atomic E-state index is 11.7. The van der Waals surface area contributed by atoms with E-state index in [2.05, 4.69) is 4.74 Å². The molecule has 0 heterocycles. The molecule has 0 radical (unpaired) electrons. The Morgan fingerprint density at radius 3 is 1.85 bits per heavy atom. The first-order chi connectivity index (χ1) is 5.87. The number of nitrogens with two attached hydrogens (primary N) is 2. The third-order valence-electron chi connectivity index (χ3n) is 1.18. The van der Waals surface area contributed by atoms with Gasteiger partial charge in [0.15, 0.2) is 0 Å². The molecule has 0 saturated carbocycles. The lowest BCUT2D eigenvalue weighted by atomic mass is 10.3. The minimum Gasteiger partial charge on any atom is -0.406 e. The van der Waals surface area contributed by atoms with Crippen LogP contribution >= 0.6 is 0 Å². The molecule has 0 aliphatic heterocycles. The van der Waals surface area contributed by atoms with E-state index in [0.717, 1.165) is 12.1 Å². The number of hydrogen-bond acceptors (Lipinski definition) is 3. The number of rotatable bonds is 1. The van der Waals surface area contributed by atoms with E-state index < -0.39 is 12.1 Å². The van der Waals surface area contributed by atoms with Gasteiger partial charge in [-0.15, -0.1) is 13.2 Å². The van der Waals surface area contributed by atoms with Crippen molar-refractivity contribution < 1.29 is 17.9 Å². The Labute approximate surface area is 72.1 Å². The van der Waals surface area contributed by atoms with Crippen LogP contribution in [0.5, 0.6) is 5.75 Å². The second kappa shape index (κ2) is 3.04. The van der Waals surface area contributed by atoms with Crippen molar-refractivity contribution in [2.75, 3.05) is 11.5 Å². The van der Waals surface area contributed by atoms with E-state index in [1.165, 1.54) is 6.07 Å². The molecule has 0 aliphatic carbocycles. The van der Waals surface area contributed by atoms with Crippen molar-refractivity contribution in [2.45, 2.75) is 6.36 Å². The van der Waals surface area contributed by atoms with Crippen LogP contribution in [0.15, 0.2) is 18.2 Å². The topological polar surface area (TPSA) is 61.3 Å². The quantitative estimate of drug-likeness (QED) is 0.666. The summed E-state index contributed by atoms with van der Waals surface area (Å²) in [5.74, 6) is -0.412. The van der Waals surface area contributed by atoms with Gasteiger partial charge in [0.2, 0.25) is 0 Å². The third-order valence-corrected chi connectivity index (χ3v) is 1.18. The second-order valence-electron chi connectivity index (χ2n) is 2.38. The number of anilines is 2. The van der Waals surface area contributed by atoms with E-state index in [1.807, 2.05) is 0 Å². The molecule has 0 unspecified atom stereocenters. The average Bonchev–Trinajstić information content (AvgIpc) is 1.78. The van der Waals surface area contributed by atoms with Gasteiger partial charge in [-0.05, 0) is 6.07 Å². The van der Waals surface area contributed by atoms with Crippen LogP contribution in [0.3, 0.4) is 0 Å². The molecular weight excluding hydrogens is 185 g/mol. The van der Waals surface area contributed by atoms with E-state index in [-0.39, 0.29) is 11.4 Å². The molecule has 1 aromatic carbocycles. The summed E-state index contributed by atoms with van der Waals surface area (Å²) in [6, 6.07) is 3.43. The largest absolute Gasteiger partial charge is 0.573 e. The van der Waals surface area contributed by atoms with Crippen molar-refractivity contribution in [3.8, 4) is 5.75 Å². The van der Waals surface area contributed by atoms with Gasteiger partial charge in [0.05, 0.1) is 0 Å². The number of ether oxygens (including phenoxy) is 1. The van der Waals surface area contributed by atoms with Crippen molar-refractivity contribution in [1.82, 2.24) is 0 Å². The van der Waals surface area contributed by atoms with Gasteiger partial charge in [0.25, 0.3) is 0 Å². The zero-order valence-electron chi connectivity index (χ0n) is 6.43. The van der Waals surface area contributed by atoms with Crippen LogP contribution in [0.2, 0.25) is 0 Å². The lowest BCUT2D eigenvalue weighted by Crippen LogP contribution is -2.17. The summed E-state index contributed by atoms with van der Waals surface area (Å²) >= 11 is 0. The molecule has 0 bridgehead atoms. The zero-order valence-corrected chi connectivity index (χ0v) is 6.43. The summed E-state index contributed by atoms with van der Waals surface area (Å²) in [5, 5.41) is 0. The Morgan fingerprint density at radius 1 is 1.00 bits per heavy atom. The molecule has 4 N–H and O–H groups in total. The Bertz CT molecular complexity index is 291. The highest BCUT2D eigenvalue weighted by Gasteiger charge is 2.31. The summed E-state index contributed by atoms with van der Waals surface area (Å²) in [4.78, 5) is 0. The molecule has 1 rings (SSSR count). The summed E-state index contributed by atoms with van der Waals surface area (Å²) in [6.07, 6.45) is -4.72. The van der Waals surface area contributed by atoms with Crippen molar-refractivity contribution in [2.24, 2.45) is 0 Å². The van der Waals surface area contributed by atoms with E-state index in [9.17, 15) is 13.2 Å². The first-order valence-corrected chi connectivity index (χ1v) is 3.28. The smallest absolute Gasteiger partial charge is 0.406 e. The molecule has 0 saturated heterocycles. The van der Waals surface area contributed by atoms with Gasteiger partial charge < -0.3 is 16.2 Å². The van der Waals surface area contributed by atoms with Gasteiger partial charge in [-0.3, -0.25) is 0 Å². The van der Waals surface area contributed by atoms with E-state index >= 15 is 0 Å². The van der Waals surface area contributed by atoms with Crippen LogP contribution in [0.1, 0.15) is 0 Å². The van der Waals surface area contributed by atoms with Gasteiger partial charge >= 0.3 is 6.36 Å². The fraction of sp³-hybridized carbons (Fsp3) is 0.143. The number of benzene rings is 1. The first-order valence-electron chi connectivity index (χ1n) is 3.28. The summed E-state index contributed by atoms with van der Waals surface area (Å²) in [7, 11) is 0. The molecule has 0 amide bonds. The molecule has 6 heteroatoms. The van der Waals surface area contributed by atoms with Gasteiger partial charge in [-0.25, -0.2) is 0 Å². The lowest BCUT2D eigenvalue weighted by Gasteiger charge is -2.09. The van der Waals surface area contributed by atoms with Gasteiger partial charge in [-0.2, -0.15) is 0 Å². The normalized spacial score (nSPS) is 11.3. The van der Waals surface area contributed by atoms with Gasteiger partial charge in [0.1, 0.15) is 5.75 Å². The van der Waals surface area contributed by atoms with E-state index in [4.69, 9.17) is 11.5 Å². The van der Waals surface area contributed by atoms with Crippen molar-refractivity contribution in [1.29, 1.82) is 0 Å². The van der Waals surface area contributed by atoms with E-state index in [0.29, 0.717) is 0 Å². The molecule has 0 aromatic heterocycles. The Kier molecular flexibility index (Phi) is 2.22. The molecule has 3 nitrogen and oxygen atoms in total. The summed E-state index contributed by atoms with van der Waals surface area (Å²) in [6.45, 7) is 0. The predicted octanol–water partition coefficient (Wildman–Crippen LogP) is 1.75. The molecule has 72 valence electrons. The molecule has 13 heavy (non-hydrogen) atoms. The average molecular weight is 192 g/mol. The highest BCUT2D eigenvalue weighted by Crippen LogP contribution is 2.26. The van der Waals surface area contributed by atoms with Crippen LogP contribution < -0.4 is 16.2 Å². The lowest BCUT2D eigenvalue weighted by molar-refractivity contribution is -0.274. The van der Waals surface area contributed by atoms with Crippen molar-refractivity contribution in [3.05, 3.63) is 18.2 Å². The minimum absolute atomic E-state index is 0.124. The number of hydrogen-bond donors (Lipinski definition) is 2. The van der Waals surface area contributed by atoms with Crippen LogP contribution in [-0.2, 0) is 0 Å². The SMILES string of the molecule is Nc1cc(N)cc(OC(F)(F)F)c1. The zero-order chi connectivity index (χ0) is 10.1. The van der Waals surface area contributed by atoms with Crippen molar-refractivity contribution >= 4 is 11.4 Å². The Balaban J connectivity index is 2.90. The summed E-state index contributed by atoms with van der Waals surface area (Å²) < 4.78 is 38.7. The first kappa shape index (κ1) is 9.50. The number of nitrogen functional groups attached to an aromatic ring is 2. The maximum Gasteiger partial charge on any atom is 0.573 e. The molecule has 0 fully saturated rings. The monoisotopic (exact) mass is 192 g/mol. The Morgan fingerprint density at radius 2 is 1.46 bits per heavy atom. The molecule has 1 aromatic rings. The van der Waals surface area contributed by atoms with Crippen LogP contribution in [0.25, 0.3) is 0 Å². The standard InChI is InChI=1S/C7H7F3N2O/c8-7(9,10)13-6-2-4(11)1-5(12)3-6/h1-3H,11-12H2. The molecular formula is C7H7F3N2O. The molecule has 0 aliphatic rings. The summed E-state index contributed by atoms with van der Waals surface area (Å²) in [5.41, 5.74) is 10.8. The predicted molar refractivity (Wildman–Crippen MR) is 41.9 cm³/mol. The Hall–Kier alpha value is -1.59. The molecule has 0 atom stereocenters. The fourth-order valence-corrected chi connectivity index (χ4v) is 0.839. The number of halogens is 3. The minimum atomic E-state index is -4.72. The van der Waals surface area contributed by atoms with Crippen LogP contribution in [0.4, 0.5) is 24.5 Å². The second-order valence-corrected chi connectivity index (χ2v) is 2.38. The van der Waals surface area contributed by atoms with Crippen molar-refractivity contribution in [3.63, 3.8) is 0 Å². The highest BCUT2D eigenvalue weighted by atomic mass is 19.4. The van der Waals surface area contributed by atoms with Gasteiger partial charge in [-0.1, -0.05) is 0 Å². The fourth-order valence-electron chi connectivity index (χ4n) is 0.839. The maximum absolute atomic E-state index is 11.7. The number of alkyl halides is 3. The van der Waals surface area contributed by atoms with Gasteiger partial charge in [0, 0.05) is 23.5 Å². The highest BCUT2D eigenvalue weighted by molar-refractivity contribution is 5.56. The van der Waals surface area contributed by atoms with Crippen LogP contribution in [-0.4, -0.2) is 6.36 Å². The third kappa shape index (κ3) is 3.10. The van der Waals surface area contributed by atoms with Crippen LogP contribution in [0, 0.1) is 0 Å². The van der Waals surface area contributed by atoms with E-state index in [1.54, 1.807) is 0 Å².